The fourth-order valence-electron chi connectivity index (χ4n) is 2.21. The summed E-state index contributed by atoms with van der Waals surface area (Å²) in [4.78, 5) is 13.7. The Hall–Kier alpha value is -1.59. The van der Waals surface area contributed by atoms with Crippen LogP contribution < -0.4 is 4.90 Å². The molecule has 1 aromatic carbocycles. The van der Waals surface area contributed by atoms with Crippen molar-refractivity contribution < 1.29 is 22.8 Å². The van der Waals surface area contributed by atoms with Crippen molar-refractivity contribution in [1.82, 2.24) is 0 Å². The van der Waals surface area contributed by atoms with E-state index in [9.17, 15) is 9.36 Å². The molecule has 2 aromatic rings. The molecule has 124 valence electrons. The molecule has 23 heavy (non-hydrogen) atoms. The first kappa shape index (κ1) is 17.8. The predicted molar refractivity (Wildman–Crippen MR) is 87.7 cm³/mol. The zero-order valence-electron chi connectivity index (χ0n) is 12.7. The Bertz CT molecular complexity index is 668. The zero-order chi connectivity index (χ0) is 16.9. The standard InChI is InChI=1S/C15H17ClNO5P/c1-20-23(19,21-2)15(13-9-6-10-22-13)17(14(18)11-16)12-7-4-3-5-8-12/h3-10,15H,11H2,1-2H3. The summed E-state index contributed by atoms with van der Waals surface area (Å²) in [7, 11) is -1.20. The van der Waals surface area contributed by atoms with Gasteiger partial charge in [-0.1, -0.05) is 18.2 Å². The number of benzene rings is 1. The summed E-state index contributed by atoms with van der Waals surface area (Å²) >= 11 is 5.75. The Morgan fingerprint density at radius 3 is 2.35 bits per heavy atom. The highest BCUT2D eigenvalue weighted by molar-refractivity contribution is 7.54. The smallest absolute Gasteiger partial charge is 0.360 e. The number of alkyl halides is 1. The molecule has 1 heterocycles. The lowest BCUT2D eigenvalue weighted by atomic mass is 10.2. The van der Waals surface area contributed by atoms with Gasteiger partial charge in [0.2, 0.25) is 5.91 Å². The molecule has 0 bridgehead atoms. The van der Waals surface area contributed by atoms with Gasteiger partial charge in [0.1, 0.15) is 11.6 Å². The van der Waals surface area contributed by atoms with Gasteiger partial charge >= 0.3 is 7.60 Å². The molecule has 0 fully saturated rings. The van der Waals surface area contributed by atoms with E-state index in [0.29, 0.717) is 5.69 Å². The molecular formula is C15H17ClNO5P. The van der Waals surface area contributed by atoms with E-state index in [-0.39, 0.29) is 11.6 Å². The second kappa shape index (κ2) is 7.79. The summed E-state index contributed by atoms with van der Waals surface area (Å²) in [6.45, 7) is 0. The molecule has 0 aliphatic heterocycles. The van der Waals surface area contributed by atoms with Crippen LogP contribution in [0, 0.1) is 0 Å². The lowest BCUT2D eigenvalue weighted by molar-refractivity contribution is -0.116. The molecule has 0 saturated heterocycles. The first-order chi connectivity index (χ1) is 11.1. The Morgan fingerprint density at radius 2 is 1.87 bits per heavy atom. The number of nitrogens with zero attached hydrogens (tertiary/aromatic N) is 1. The quantitative estimate of drug-likeness (QED) is 0.552. The number of carbonyl (C=O) groups is 1. The second-order valence-electron chi connectivity index (χ2n) is 4.53. The molecule has 1 unspecified atom stereocenters. The molecule has 6 nitrogen and oxygen atoms in total. The maximum atomic E-state index is 13.0. The zero-order valence-corrected chi connectivity index (χ0v) is 14.4. The van der Waals surface area contributed by atoms with Crippen molar-refractivity contribution in [1.29, 1.82) is 0 Å². The molecule has 0 aliphatic rings. The van der Waals surface area contributed by atoms with Crippen LogP contribution in [-0.2, 0) is 18.4 Å². The average molecular weight is 358 g/mol. The highest BCUT2D eigenvalue weighted by Crippen LogP contribution is 2.62. The van der Waals surface area contributed by atoms with Gasteiger partial charge in [-0.25, -0.2) is 0 Å². The SMILES string of the molecule is COP(=O)(OC)C(c1ccco1)N(C(=O)CCl)c1ccccc1. The Balaban J connectivity index is 2.62. The van der Waals surface area contributed by atoms with Crippen LogP contribution in [0.3, 0.4) is 0 Å². The Kier molecular flexibility index (Phi) is 6.02. The van der Waals surface area contributed by atoms with Gasteiger partial charge in [0.25, 0.3) is 0 Å². The summed E-state index contributed by atoms with van der Waals surface area (Å²) in [6, 6.07) is 12.0. The van der Waals surface area contributed by atoms with Crippen LogP contribution in [-0.4, -0.2) is 26.0 Å². The molecule has 1 atom stereocenters. The van der Waals surface area contributed by atoms with E-state index in [1.807, 2.05) is 0 Å². The number of para-hydroxylation sites is 1. The molecule has 0 radical (unpaired) electrons. The minimum absolute atomic E-state index is 0.277. The topological polar surface area (TPSA) is 69.0 Å². The fraction of sp³-hybridized carbons (Fsp3) is 0.267. The fourth-order valence-corrected chi connectivity index (χ4v) is 3.89. The maximum Gasteiger partial charge on any atom is 0.360 e. The lowest BCUT2D eigenvalue weighted by Gasteiger charge is -2.33. The summed E-state index contributed by atoms with van der Waals surface area (Å²) in [6.07, 6.45) is 1.42. The number of halogens is 1. The van der Waals surface area contributed by atoms with Crippen molar-refractivity contribution in [2.75, 3.05) is 25.0 Å². The molecule has 0 N–H and O–H groups in total. The average Bonchev–Trinajstić information content (AvgIpc) is 3.13. The second-order valence-corrected chi connectivity index (χ2v) is 7.09. The van der Waals surface area contributed by atoms with Crippen LogP contribution >= 0.6 is 19.2 Å². The van der Waals surface area contributed by atoms with E-state index in [2.05, 4.69) is 0 Å². The lowest BCUT2D eigenvalue weighted by Crippen LogP contribution is -2.36. The monoisotopic (exact) mass is 357 g/mol. The number of hydrogen-bond donors (Lipinski definition) is 0. The van der Waals surface area contributed by atoms with Crippen LogP contribution in [0.2, 0.25) is 0 Å². The molecule has 8 heteroatoms. The summed E-state index contributed by atoms with van der Waals surface area (Å²) in [5, 5.41) is 0. The van der Waals surface area contributed by atoms with E-state index in [4.69, 9.17) is 25.1 Å². The highest BCUT2D eigenvalue weighted by atomic mass is 35.5. The van der Waals surface area contributed by atoms with Crippen LogP contribution in [0.15, 0.2) is 53.1 Å². The van der Waals surface area contributed by atoms with Gasteiger partial charge in [-0.2, -0.15) is 0 Å². The van der Waals surface area contributed by atoms with E-state index < -0.39 is 19.3 Å². The van der Waals surface area contributed by atoms with Crippen LogP contribution in [0.25, 0.3) is 0 Å². The van der Waals surface area contributed by atoms with Gasteiger partial charge in [-0.15, -0.1) is 11.6 Å². The highest BCUT2D eigenvalue weighted by Gasteiger charge is 2.44. The number of furan rings is 1. The van der Waals surface area contributed by atoms with E-state index in [0.717, 1.165) is 0 Å². The number of anilines is 1. The van der Waals surface area contributed by atoms with Gasteiger partial charge in [-0.05, 0) is 24.3 Å². The third-order valence-electron chi connectivity index (χ3n) is 3.27. The molecule has 1 amide bonds. The number of rotatable bonds is 7. The molecule has 0 saturated carbocycles. The van der Waals surface area contributed by atoms with Crippen molar-refractivity contribution in [2.24, 2.45) is 0 Å². The van der Waals surface area contributed by atoms with Gasteiger partial charge in [-0.3, -0.25) is 14.3 Å². The van der Waals surface area contributed by atoms with Gasteiger partial charge in [0, 0.05) is 19.9 Å². The normalized spacial score (nSPS) is 12.8. The molecule has 0 spiro atoms. The summed E-state index contributed by atoms with van der Waals surface area (Å²) in [5.74, 6) is -1.55. The maximum absolute atomic E-state index is 13.0. The largest absolute Gasteiger partial charge is 0.466 e. The summed E-state index contributed by atoms with van der Waals surface area (Å²) < 4.78 is 28.6. The van der Waals surface area contributed by atoms with E-state index in [1.54, 1.807) is 42.5 Å². The van der Waals surface area contributed by atoms with Gasteiger partial charge in [0.15, 0.2) is 5.78 Å². The van der Waals surface area contributed by atoms with Crippen molar-refractivity contribution in [3.63, 3.8) is 0 Å². The van der Waals surface area contributed by atoms with Crippen molar-refractivity contribution >= 4 is 30.8 Å². The minimum Gasteiger partial charge on any atom is -0.466 e. The van der Waals surface area contributed by atoms with Crippen LogP contribution in [0.4, 0.5) is 5.69 Å². The predicted octanol–water partition coefficient (Wildman–Crippen LogP) is 4.04. The number of amides is 1. The molecule has 2 rings (SSSR count). The summed E-state index contributed by atoms with van der Waals surface area (Å²) in [5.41, 5.74) is 0.508. The first-order valence-corrected chi connectivity index (χ1v) is 8.89. The number of carbonyl (C=O) groups excluding carboxylic acids is 1. The van der Waals surface area contributed by atoms with Crippen molar-refractivity contribution in [3.8, 4) is 0 Å². The van der Waals surface area contributed by atoms with Gasteiger partial charge in [0.05, 0.1) is 6.26 Å². The molecule has 1 aromatic heterocycles. The van der Waals surface area contributed by atoms with Crippen molar-refractivity contribution in [2.45, 2.75) is 5.78 Å². The Morgan fingerprint density at radius 1 is 1.22 bits per heavy atom. The Labute approximate surface area is 139 Å². The van der Waals surface area contributed by atoms with Crippen LogP contribution in [0.5, 0.6) is 0 Å². The number of hydrogen-bond acceptors (Lipinski definition) is 5. The molecular weight excluding hydrogens is 341 g/mol. The van der Waals surface area contributed by atoms with E-state index >= 15 is 0 Å². The third kappa shape index (κ3) is 3.67. The van der Waals surface area contributed by atoms with Crippen LogP contribution in [0.1, 0.15) is 11.5 Å². The van der Waals surface area contributed by atoms with E-state index in [1.165, 1.54) is 25.4 Å². The van der Waals surface area contributed by atoms with Gasteiger partial charge < -0.3 is 13.5 Å². The third-order valence-corrected chi connectivity index (χ3v) is 5.60. The van der Waals surface area contributed by atoms with Crippen molar-refractivity contribution in [3.05, 3.63) is 54.5 Å². The minimum atomic E-state index is -3.72. The first-order valence-electron chi connectivity index (χ1n) is 6.75. The molecule has 0 aliphatic carbocycles.